The molecule has 0 spiro atoms. The predicted molar refractivity (Wildman–Crippen MR) is 114 cm³/mol. The standard InChI is InChI=1S/C22H29NO4S/c1-15(2)12-19(16-6-8-17(25-3)9-7-16)23-22(24)14-28-18-10-11-20(26-4)21(13-18)27-5/h6-11,13,15,19H,12,14H2,1-5H3,(H,23,24)/t19-/m0/s1. The van der Waals surface area contributed by atoms with E-state index in [0.29, 0.717) is 23.2 Å². The van der Waals surface area contributed by atoms with Crippen molar-refractivity contribution in [3.8, 4) is 17.2 Å². The molecule has 0 unspecified atom stereocenters. The van der Waals surface area contributed by atoms with Crippen LogP contribution in [0.2, 0.25) is 0 Å². The highest BCUT2D eigenvalue weighted by atomic mass is 32.2. The molecule has 0 aliphatic rings. The molecular formula is C22H29NO4S. The topological polar surface area (TPSA) is 56.8 Å². The molecule has 0 aromatic heterocycles. The summed E-state index contributed by atoms with van der Waals surface area (Å²) in [6.45, 7) is 4.31. The van der Waals surface area contributed by atoms with Crippen LogP contribution in [-0.2, 0) is 4.79 Å². The Kier molecular flexibility index (Phi) is 8.51. The summed E-state index contributed by atoms with van der Waals surface area (Å²) >= 11 is 1.47. The van der Waals surface area contributed by atoms with Crippen LogP contribution in [0.4, 0.5) is 0 Å². The Morgan fingerprint density at radius 1 is 0.964 bits per heavy atom. The fourth-order valence-corrected chi connectivity index (χ4v) is 3.61. The van der Waals surface area contributed by atoms with Crippen molar-refractivity contribution in [2.24, 2.45) is 5.92 Å². The third kappa shape index (κ3) is 6.37. The number of benzene rings is 2. The van der Waals surface area contributed by atoms with E-state index >= 15 is 0 Å². The summed E-state index contributed by atoms with van der Waals surface area (Å²) in [5, 5.41) is 3.17. The third-order valence-electron chi connectivity index (χ3n) is 4.29. The number of amides is 1. The van der Waals surface area contributed by atoms with Crippen LogP contribution in [0.15, 0.2) is 47.4 Å². The third-order valence-corrected chi connectivity index (χ3v) is 5.28. The maximum Gasteiger partial charge on any atom is 0.230 e. The summed E-state index contributed by atoms with van der Waals surface area (Å²) in [5.74, 6) is 2.94. The molecule has 1 atom stereocenters. The van der Waals surface area contributed by atoms with Gasteiger partial charge in [-0.2, -0.15) is 0 Å². The Hall–Kier alpha value is -2.34. The highest BCUT2D eigenvalue weighted by molar-refractivity contribution is 8.00. The van der Waals surface area contributed by atoms with E-state index in [4.69, 9.17) is 14.2 Å². The quantitative estimate of drug-likeness (QED) is 0.582. The number of methoxy groups -OCH3 is 3. The lowest BCUT2D eigenvalue weighted by molar-refractivity contribution is -0.119. The number of hydrogen-bond donors (Lipinski definition) is 1. The molecule has 0 saturated carbocycles. The van der Waals surface area contributed by atoms with Gasteiger partial charge in [0.1, 0.15) is 5.75 Å². The van der Waals surface area contributed by atoms with Gasteiger partial charge in [0, 0.05) is 4.90 Å². The van der Waals surface area contributed by atoms with Crippen LogP contribution < -0.4 is 19.5 Å². The summed E-state index contributed by atoms with van der Waals surface area (Å²) in [6.07, 6.45) is 0.874. The lowest BCUT2D eigenvalue weighted by Crippen LogP contribution is -2.30. The van der Waals surface area contributed by atoms with Crippen molar-refractivity contribution in [2.75, 3.05) is 27.1 Å². The van der Waals surface area contributed by atoms with E-state index in [2.05, 4.69) is 19.2 Å². The molecule has 2 aromatic carbocycles. The zero-order valence-corrected chi connectivity index (χ0v) is 18.0. The second-order valence-corrected chi connectivity index (χ2v) is 7.88. The number of rotatable bonds is 10. The molecular weight excluding hydrogens is 374 g/mol. The molecule has 28 heavy (non-hydrogen) atoms. The Morgan fingerprint density at radius 3 is 2.21 bits per heavy atom. The number of ether oxygens (including phenoxy) is 3. The fourth-order valence-electron chi connectivity index (χ4n) is 2.88. The van der Waals surface area contributed by atoms with Gasteiger partial charge >= 0.3 is 0 Å². The molecule has 0 fully saturated rings. The van der Waals surface area contributed by atoms with Crippen molar-refractivity contribution >= 4 is 17.7 Å². The van der Waals surface area contributed by atoms with Crippen LogP contribution in [0.3, 0.4) is 0 Å². The molecule has 0 aliphatic heterocycles. The van der Waals surface area contributed by atoms with Gasteiger partial charge in [-0.15, -0.1) is 11.8 Å². The Labute approximate surface area is 171 Å². The van der Waals surface area contributed by atoms with Crippen molar-refractivity contribution in [3.05, 3.63) is 48.0 Å². The van der Waals surface area contributed by atoms with E-state index in [9.17, 15) is 4.79 Å². The lowest BCUT2D eigenvalue weighted by atomic mass is 9.97. The van der Waals surface area contributed by atoms with Gasteiger partial charge in [-0.05, 0) is 48.2 Å². The van der Waals surface area contributed by atoms with Crippen LogP contribution in [0.1, 0.15) is 31.9 Å². The first kappa shape index (κ1) is 22.0. The van der Waals surface area contributed by atoms with Crippen LogP contribution in [0.25, 0.3) is 0 Å². The molecule has 6 heteroatoms. The molecule has 0 saturated heterocycles. The molecule has 0 radical (unpaired) electrons. The van der Waals surface area contributed by atoms with Crippen molar-refractivity contribution in [1.82, 2.24) is 5.32 Å². The highest BCUT2D eigenvalue weighted by Crippen LogP contribution is 2.32. The highest BCUT2D eigenvalue weighted by Gasteiger charge is 2.17. The van der Waals surface area contributed by atoms with Crippen LogP contribution >= 0.6 is 11.8 Å². The molecule has 2 rings (SSSR count). The maximum absolute atomic E-state index is 12.6. The minimum Gasteiger partial charge on any atom is -0.497 e. The monoisotopic (exact) mass is 403 g/mol. The average molecular weight is 404 g/mol. The van der Waals surface area contributed by atoms with Gasteiger partial charge in [0.05, 0.1) is 33.1 Å². The molecule has 2 aromatic rings. The van der Waals surface area contributed by atoms with Crippen LogP contribution in [0.5, 0.6) is 17.2 Å². The summed E-state index contributed by atoms with van der Waals surface area (Å²) in [7, 11) is 4.85. The maximum atomic E-state index is 12.6. The van der Waals surface area contributed by atoms with Gasteiger partial charge in [0.25, 0.3) is 0 Å². The lowest BCUT2D eigenvalue weighted by Gasteiger charge is -2.21. The van der Waals surface area contributed by atoms with Gasteiger partial charge in [0.15, 0.2) is 11.5 Å². The zero-order chi connectivity index (χ0) is 20.5. The first-order chi connectivity index (χ1) is 13.5. The molecule has 1 amide bonds. The van der Waals surface area contributed by atoms with E-state index in [1.807, 2.05) is 42.5 Å². The summed E-state index contributed by atoms with van der Waals surface area (Å²) in [6, 6.07) is 13.5. The van der Waals surface area contributed by atoms with Gasteiger partial charge in [-0.25, -0.2) is 0 Å². The smallest absolute Gasteiger partial charge is 0.230 e. The Morgan fingerprint density at radius 2 is 1.64 bits per heavy atom. The van der Waals surface area contributed by atoms with E-state index < -0.39 is 0 Å². The molecule has 5 nitrogen and oxygen atoms in total. The molecule has 0 heterocycles. The van der Waals surface area contributed by atoms with E-state index in [1.54, 1.807) is 21.3 Å². The first-order valence-corrected chi connectivity index (χ1v) is 10.2. The molecule has 0 aliphatic carbocycles. The minimum atomic E-state index is -0.0237. The summed E-state index contributed by atoms with van der Waals surface area (Å²) in [4.78, 5) is 13.5. The van der Waals surface area contributed by atoms with E-state index in [-0.39, 0.29) is 11.9 Å². The average Bonchev–Trinajstić information content (AvgIpc) is 2.71. The molecule has 0 bridgehead atoms. The van der Waals surface area contributed by atoms with E-state index in [1.165, 1.54) is 11.8 Å². The van der Waals surface area contributed by atoms with Gasteiger partial charge in [0.2, 0.25) is 5.91 Å². The number of nitrogens with one attached hydrogen (secondary N) is 1. The normalized spacial score (nSPS) is 11.8. The molecule has 152 valence electrons. The van der Waals surface area contributed by atoms with E-state index in [0.717, 1.165) is 22.6 Å². The number of carbonyl (C=O) groups excluding carboxylic acids is 1. The van der Waals surface area contributed by atoms with Crippen LogP contribution in [0, 0.1) is 5.92 Å². The van der Waals surface area contributed by atoms with Gasteiger partial charge in [-0.3, -0.25) is 4.79 Å². The van der Waals surface area contributed by atoms with Crippen molar-refractivity contribution in [3.63, 3.8) is 0 Å². The Balaban J connectivity index is 2.01. The largest absolute Gasteiger partial charge is 0.497 e. The first-order valence-electron chi connectivity index (χ1n) is 9.25. The second kappa shape index (κ2) is 10.9. The summed E-state index contributed by atoms with van der Waals surface area (Å²) < 4.78 is 15.8. The second-order valence-electron chi connectivity index (χ2n) is 6.83. The van der Waals surface area contributed by atoms with Crippen molar-refractivity contribution in [1.29, 1.82) is 0 Å². The van der Waals surface area contributed by atoms with Crippen LogP contribution in [-0.4, -0.2) is 33.0 Å². The van der Waals surface area contributed by atoms with Gasteiger partial charge < -0.3 is 19.5 Å². The Bertz CT molecular complexity index is 762. The van der Waals surface area contributed by atoms with Gasteiger partial charge in [-0.1, -0.05) is 26.0 Å². The number of thioether (sulfide) groups is 1. The predicted octanol–water partition coefficient (Wildman–Crippen LogP) is 4.71. The van der Waals surface area contributed by atoms with Crippen molar-refractivity contribution in [2.45, 2.75) is 31.2 Å². The SMILES string of the molecule is COc1ccc([C@H](CC(C)C)NC(=O)CSc2ccc(OC)c(OC)c2)cc1. The molecule has 1 N–H and O–H groups in total. The van der Waals surface area contributed by atoms with Crippen molar-refractivity contribution < 1.29 is 19.0 Å². The number of carbonyl (C=O) groups is 1. The minimum absolute atomic E-state index is 0.00116. The summed E-state index contributed by atoms with van der Waals surface area (Å²) in [5.41, 5.74) is 1.08. The number of hydrogen-bond acceptors (Lipinski definition) is 5. The fraction of sp³-hybridized carbons (Fsp3) is 0.409. The zero-order valence-electron chi connectivity index (χ0n) is 17.2.